The molecular weight excluding hydrogens is 540 g/mol. The van der Waals surface area contributed by atoms with E-state index >= 15 is 0 Å². The first-order valence-electron chi connectivity index (χ1n) is 12.0. The Morgan fingerprint density at radius 1 is 1.18 bits per heavy atom. The lowest BCUT2D eigenvalue weighted by Gasteiger charge is -2.20. The second-order valence-corrected chi connectivity index (χ2v) is 9.53. The maximum Gasteiger partial charge on any atom is 0.338 e. The molecule has 11 nitrogen and oxygen atoms in total. The molecule has 0 bridgehead atoms. The quantitative estimate of drug-likeness (QED) is 0.310. The van der Waals surface area contributed by atoms with E-state index in [4.69, 9.17) is 31.9 Å². The first kappa shape index (κ1) is 29.9. The molecule has 208 valence electrons. The number of aliphatic carboxylic acids is 1. The number of carboxylic acids is 1. The fraction of sp³-hybridized carbons (Fsp3) is 0.250. The number of carbonyl (C=O) groups excluding carboxylic acids is 2. The summed E-state index contributed by atoms with van der Waals surface area (Å²) in [5.41, 5.74) is 4.90. The van der Waals surface area contributed by atoms with Crippen LogP contribution in [-0.2, 0) is 14.3 Å². The summed E-state index contributed by atoms with van der Waals surface area (Å²) in [6, 6.07) is 12.9. The average Bonchev–Trinajstić information content (AvgIpc) is 2.93. The van der Waals surface area contributed by atoms with Crippen LogP contribution in [0.4, 0.5) is 5.69 Å². The smallest absolute Gasteiger partial charge is 0.338 e. The Bertz CT molecular complexity index is 1540. The molecule has 3 rings (SSSR count). The van der Waals surface area contributed by atoms with E-state index in [1.165, 1.54) is 55.1 Å². The number of methoxy groups -OCH3 is 1. The molecular formula is C28H27ClN4O7. The molecule has 1 amide bonds. The van der Waals surface area contributed by atoms with Crippen LogP contribution in [0.5, 0.6) is 5.75 Å². The van der Waals surface area contributed by atoms with Crippen LogP contribution in [0.3, 0.4) is 0 Å². The number of esters is 1. The van der Waals surface area contributed by atoms with Crippen LogP contribution in [0.2, 0.25) is 5.02 Å². The van der Waals surface area contributed by atoms with Gasteiger partial charge in [0, 0.05) is 27.9 Å². The summed E-state index contributed by atoms with van der Waals surface area (Å²) in [7, 11) is 1.41. The molecule has 0 saturated carbocycles. The van der Waals surface area contributed by atoms with Gasteiger partial charge in [-0.2, -0.15) is 5.26 Å². The molecule has 12 heteroatoms. The molecule has 0 fully saturated rings. The van der Waals surface area contributed by atoms with Crippen molar-refractivity contribution in [2.24, 2.45) is 5.73 Å². The number of halogens is 1. The van der Waals surface area contributed by atoms with Crippen LogP contribution in [0.1, 0.15) is 42.2 Å². The van der Waals surface area contributed by atoms with Crippen molar-refractivity contribution >= 4 is 35.1 Å². The molecule has 0 aliphatic carbocycles. The number of anilines is 1. The Kier molecular flexibility index (Phi) is 9.31. The van der Waals surface area contributed by atoms with E-state index in [2.05, 4.69) is 11.4 Å². The molecule has 0 spiro atoms. The van der Waals surface area contributed by atoms with Crippen LogP contribution in [0.25, 0.3) is 11.1 Å². The number of nitrogens with one attached hydrogen (secondary N) is 1. The maximum absolute atomic E-state index is 13.2. The number of pyridine rings is 1. The number of ether oxygens (including phenoxy) is 2. The van der Waals surface area contributed by atoms with Gasteiger partial charge >= 0.3 is 11.9 Å². The summed E-state index contributed by atoms with van der Waals surface area (Å²) in [4.78, 5) is 49.6. The zero-order valence-electron chi connectivity index (χ0n) is 21.9. The third-order valence-electron chi connectivity index (χ3n) is 6.06. The number of nitriles is 1. The SMILES string of the molecule is CCC(C(=O)Nc1ccc(C(=O)OC[C@](C)(N)C(=O)O)cc1)n1cc(OC)c(-c2cc(Cl)ccc2C#N)cc1=O. The molecule has 3 aromatic rings. The molecule has 1 aromatic heterocycles. The molecule has 1 unspecified atom stereocenters. The molecule has 4 N–H and O–H groups in total. The topological polar surface area (TPSA) is 174 Å². The first-order valence-corrected chi connectivity index (χ1v) is 12.4. The standard InChI is InChI=1S/C28H27ClN4O7/c1-4-22(25(35)32-19-9-6-16(7-10-19)26(36)40-15-28(2,31)27(37)38)33-14-23(39-3)21(12-24(33)34)20-11-18(29)8-5-17(20)13-30/h5-12,14,22H,4,15,31H2,1-3H3,(H,32,35)(H,37,38)/t22?,28-/m0/s1. The summed E-state index contributed by atoms with van der Waals surface area (Å²) in [5, 5.41) is 21.6. The van der Waals surface area contributed by atoms with Crippen molar-refractivity contribution in [3.8, 4) is 22.9 Å². The van der Waals surface area contributed by atoms with Gasteiger partial charge < -0.3 is 25.6 Å². The van der Waals surface area contributed by atoms with E-state index in [0.717, 1.165) is 0 Å². The highest BCUT2D eigenvalue weighted by Crippen LogP contribution is 2.33. The number of carbonyl (C=O) groups is 3. The van der Waals surface area contributed by atoms with Gasteiger partial charge in [-0.25, -0.2) is 4.79 Å². The lowest BCUT2D eigenvalue weighted by Crippen LogP contribution is -2.49. The summed E-state index contributed by atoms with van der Waals surface area (Å²) >= 11 is 6.12. The van der Waals surface area contributed by atoms with Crippen molar-refractivity contribution in [3.63, 3.8) is 0 Å². The Balaban J connectivity index is 1.82. The highest BCUT2D eigenvalue weighted by atomic mass is 35.5. The minimum absolute atomic E-state index is 0.125. The van der Waals surface area contributed by atoms with Gasteiger partial charge in [-0.15, -0.1) is 0 Å². The number of nitrogens with zero attached hydrogens (tertiary/aromatic N) is 2. The van der Waals surface area contributed by atoms with Crippen molar-refractivity contribution in [2.75, 3.05) is 19.0 Å². The van der Waals surface area contributed by atoms with Crippen LogP contribution >= 0.6 is 11.6 Å². The van der Waals surface area contributed by atoms with Crippen molar-refractivity contribution in [1.82, 2.24) is 4.57 Å². The van der Waals surface area contributed by atoms with Gasteiger partial charge in [-0.3, -0.25) is 19.0 Å². The fourth-order valence-corrected chi connectivity index (χ4v) is 3.94. The predicted molar refractivity (Wildman–Crippen MR) is 147 cm³/mol. The minimum atomic E-state index is -1.73. The third kappa shape index (κ3) is 6.66. The Labute approximate surface area is 234 Å². The number of benzene rings is 2. The van der Waals surface area contributed by atoms with Crippen molar-refractivity contribution in [1.29, 1.82) is 5.26 Å². The predicted octanol–water partition coefficient (Wildman–Crippen LogP) is 3.60. The number of hydrogen-bond donors (Lipinski definition) is 3. The molecule has 1 heterocycles. The van der Waals surface area contributed by atoms with Crippen molar-refractivity contribution in [2.45, 2.75) is 31.8 Å². The van der Waals surface area contributed by atoms with Gasteiger partial charge in [0.15, 0.2) is 0 Å². The minimum Gasteiger partial charge on any atom is -0.495 e. The summed E-state index contributed by atoms with van der Waals surface area (Å²) < 4.78 is 11.7. The maximum atomic E-state index is 13.2. The van der Waals surface area contributed by atoms with E-state index < -0.39 is 41.6 Å². The first-order chi connectivity index (χ1) is 18.9. The lowest BCUT2D eigenvalue weighted by molar-refractivity contribution is -0.144. The van der Waals surface area contributed by atoms with Crippen LogP contribution in [-0.4, -0.2) is 46.8 Å². The molecule has 40 heavy (non-hydrogen) atoms. The van der Waals surface area contributed by atoms with Gasteiger partial charge in [0.25, 0.3) is 5.56 Å². The third-order valence-corrected chi connectivity index (χ3v) is 6.30. The Hall–Kier alpha value is -4.66. The Morgan fingerprint density at radius 2 is 1.85 bits per heavy atom. The van der Waals surface area contributed by atoms with Crippen molar-refractivity contribution < 1.29 is 29.0 Å². The highest BCUT2D eigenvalue weighted by Gasteiger charge is 2.30. The van der Waals surface area contributed by atoms with Crippen LogP contribution in [0, 0.1) is 11.3 Å². The lowest BCUT2D eigenvalue weighted by atomic mass is 10.00. The second kappa shape index (κ2) is 12.5. The van der Waals surface area contributed by atoms with Gasteiger partial charge in [-0.05, 0) is 55.8 Å². The summed E-state index contributed by atoms with van der Waals surface area (Å²) in [6.45, 7) is 2.44. The van der Waals surface area contributed by atoms with E-state index in [1.807, 2.05) is 0 Å². The summed E-state index contributed by atoms with van der Waals surface area (Å²) in [5.74, 6) is -2.31. The van der Waals surface area contributed by atoms with Crippen LogP contribution in [0.15, 0.2) is 59.5 Å². The number of hydrogen-bond acceptors (Lipinski definition) is 8. The zero-order valence-corrected chi connectivity index (χ0v) is 22.7. The number of nitrogens with two attached hydrogens (primary N) is 1. The van der Waals surface area contributed by atoms with Gasteiger partial charge in [-0.1, -0.05) is 18.5 Å². The molecule has 0 radical (unpaired) electrons. The Morgan fingerprint density at radius 3 is 2.42 bits per heavy atom. The number of aromatic nitrogens is 1. The van der Waals surface area contributed by atoms with E-state index in [0.29, 0.717) is 27.4 Å². The van der Waals surface area contributed by atoms with E-state index in [-0.39, 0.29) is 17.7 Å². The zero-order chi connectivity index (χ0) is 29.6. The highest BCUT2D eigenvalue weighted by molar-refractivity contribution is 6.31. The van der Waals surface area contributed by atoms with Gasteiger partial charge in [0.2, 0.25) is 5.91 Å². The van der Waals surface area contributed by atoms with E-state index in [1.54, 1.807) is 25.1 Å². The molecule has 0 aliphatic rings. The van der Waals surface area contributed by atoms with Gasteiger partial charge in [0.1, 0.15) is 23.9 Å². The largest absolute Gasteiger partial charge is 0.495 e. The molecule has 0 aliphatic heterocycles. The average molecular weight is 567 g/mol. The van der Waals surface area contributed by atoms with E-state index in [9.17, 15) is 24.4 Å². The number of rotatable bonds is 10. The number of carboxylic acid groups (broad SMARTS) is 1. The second-order valence-electron chi connectivity index (χ2n) is 9.09. The van der Waals surface area contributed by atoms with Crippen molar-refractivity contribution in [3.05, 3.63) is 81.2 Å². The normalized spacial score (nSPS) is 12.9. The molecule has 2 atom stereocenters. The van der Waals surface area contributed by atoms with Crippen LogP contribution < -0.4 is 21.3 Å². The fourth-order valence-electron chi connectivity index (χ4n) is 3.77. The monoisotopic (exact) mass is 566 g/mol. The molecule has 2 aromatic carbocycles. The molecule has 0 saturated heterocycles. The van der Waals surface area contributed by atoms with Gasteiger partial charge in [0.05, 0.1) is 30.5 Å². The number of amides is 1. The summed E-state index contributed by atoms with van der Waals surface area (Å²) in [6.07, 6.45) is 1.68.